The number of hydrogen-bond donors (Lipinski definition) is 2. The summed E-state index contributed by atoms with van der Waals surface area (Å²) in [6.07, 6.45) is 0. The lowest BCUT2D eigenvalue weighted by Gasteiger charge is -1.78. The monoisotopic (exact) mass is 192 g/mol. The van der Waals surface area contributed by atoms with Gasteiger partial charge in [0.2, 0.25) is 0 Å². The average molecular weight is 192 g/mol. The van der Waals surface area contributed by atoms with Crippen molar-refractivity contribution in [1.82, 2.24) is 10.6 Å². The first-order valence-corrected chi connectivity index (χ1v) is 5.73. The molecule has 2 saturated heterocycles. The molecule has 3 nitrogen and oxygen atoms in total. The van der Waals surface area contributed by atoms with Crippen LogP contribution < -0.4 is 10.6 Å². The van der Waals surface area contributed by atoms with Crippen LogP contribution >= 0.6 is 23.5 Å². The largest absolute Gasteiger partial charge is 0.346 e. The molecule has 64 valence electrons. The molecule has 2 N–H and O–H groups in total. The van der Waals surface area contributed by atoms with Gasteiger partial charge < -0.3 is 10.6 Å². The van der Waals surface area contributed by atoms with Gasteiger partial charge >= 0.3 is 0 Å². The van der Waals surface area contributed by atoms with Gasteiger partial charge in [-0.1, -0.05) is 11.8 Å². The Balaban J connectivity index is 0.000000112. The fourth-order valence-electron chi connectivity index (χ4n) is 0.709. The highest BCUT2D eigenvalue weighted by Crippen LogP contribution is 2.04. The van der Waals surface area contributed by atoms with E-state index in [1.807, 2.05) is 11.8 Å². The fraction of sp³-hybridized carbons (Fsp3) is 0.833. The number of carbonyl (C=O) groups is 1. The summed E-state index contributed by atoms with van der Waals surface area (Å²) < 4.78 is 0. The Kier molecular flexibility index (Phi) is 4.81. The van der Waals surface area contributed by atoms with Crippen molar-refractivity contribution in [1.29, 1.82) is 0 Å². The van der Waals surface area contributed by atoms with Crippen LogP contribution in [0.4, 0.5) is 4.79 Å². The molecule has 2 aliphatic heterocycles. The van der Waals surface area contributed by atoms with Gasteiger partial charge in [-0.3, -0.25) is 4.79 Å². The molecular formula is C6H12N2OS2. The van der Waals surface area contributed by atoms with Crippen LogP contribution in [0.5, 0.6) is 0 Å². The summed E-state index contributed by atoms with van der Waals surface area (Å²) in [5, 5.41) is 5.95. The highest BCUT2D eigenvalue weighted by Gasteiger charge is 2.06. The first-order valence-electron chi connectivity index (χ1n) is 3.58. The molecule has 2 fully saturated rings. The molecule has 1 amide bonds. The van der Waals surface area contributed by atoms with E-state index in [2.05, 4.69) is 10.6 Å². The normalized spacial score (nSPS) is 22.4. The smallest absolute Gasteiger partial charge is 0.279 e. The molecule has 0 aromatic heterocycles. The van der Waals surface area contributed by atoms with Gasteiger partial charge in [-0.2, -0.15) is 0 Å². The van der Waals surface area contributed by atoms with E-state index in [4.69, 9.17) is 0 Å². The van der Waals surface area contributed by atoms with Crippen LogP contribution in [0.3, 0.4) is 0 Å². The summed E-state index contributed by atoms with van der Waals surface area (Å²) in [5.74, 6) is 3.42. The minimum atomic E-state index is 0.120. The van der Waals surface area contributed by atoms with Gasteiger partial charge in [0, 0.05) is 30.5 Å². The van der Waals surface area contributed by atoms with Gasteiger partial charge in [0.1, 0.15) is 0 Å². The molecule has 0 bridgehead atoms. The number of thioether (sulfide) groups is 2. The Bertz CT molecular complexity index is 112. The highest BCUT2D eigenvalue weighted by atomic mass is 32.2. The van der Waals surface area contributed by atoms with E-state index in [-0.39, 0.29) is 5.24 Å². The van der Waals surface area contributed by atoms with Crippen LogP contribution in [0.1, 0.15) is 0 Å². The molecule has 5 heteroatoms. The van der Waals surface area contributed by atoms with E-state index in [0.29, 0.717) is 0 Å². The van der Waals surface area contributed by atoms with Gasteiger partial charge in [0.15, 0.2) is 0 Å². The third-order valence-electron chi connectivity index (χ3n) is 1.23. The SMILES string of the molecule is C1CSCN1.O=C1NCCS1. The third kappa shape index (κ3) is 4.55. The van der Waals surface area contributed by atoms with E-state index in [1.54, 1.807) is 0 Å². The van der Waals surface area contributed by atoms with Crippen LogP contribution in [0.2, 0.25) is 0 Å². The van der Waals surface area contributed by atoms with Crippen LogP contribution in [0, 0.1) is 0 Å². The van der Waals surface area contributed by atoms with Gasteiger partial charge in [0.05, 0.1) is 0 Å². The number of amides is 1. The van der Waals surface area contributed by atoms with Crippen molar-refractivity contribution in [3.8, 4) is 0 Å². The molecule has 2 heterocycles. The zero-order chi connectivity index (χ0) is 7.94. The van der Waals surface area contributed by atoms with Crippen LogP contribution in [0.15, 0.2) is 0 Å². The lowest BCUT2D eigenvalue weighted by atomic mass is 10.8. The molecule has 0 saturated carbocycles. The van der Waals surface area contributed by atoms with Crippen molar-refractivity contribution in [3.63, 3.8) is 0 Å². The second-order valence-corrected chi connectivity index (χ2v) is 4.29. The number of hydrogen-bond acceptors (Lipinski definition) is 4. The Morgan fingerprint density at radius 3 is 2.36 bits per heavy atom. The number of rotatable bonds is 0. The molecule has 11 heavy (non-hydrogen) atoms. The molecular weight excluding hydrogens is 180 g/mol. The van der Waals surface area contributed by atoms with Crippen molar-refractivity contribution in [2.24, 2.45) is 0 Å². The van der Waals surface area contributed by atoms with Crippen molar-refractivity contribution < 1.29 is 4.79 Å². The maximum atomic E-state index is 10.1. The lowest BCUT2D eigenvalue weighted by molar-refractivity contribution is 0.262. The quantitative estimate of drug-likeness (QED) is 0.593. The van der Waals surface area contributed by atoms with Crippen molar-refractivity contribution in [3.05, 3.63) is 0 Å². The van der Waals surface area contributed by atoms with Gasteiger partial charge in [-0.25, -0.2) is 0 Å². The average Bonchev–Trinajstić information content (AvgIpc) is 2.57. The van der Waals surface area contributed by atoms with Crippen LogP contribution in [-0.4, -0.2) is 35.7 Å². The first-order chi connectivity index (χ1) is 5.39. The highest BCUT2D eigenvalue weighted by molar-refractivity contribution is 8.13. The second-order valence-electron chi connectivity index (χ2n) is 2.12. The molecule has 0 radical (unpaired) electrons. The van der Waals surface area contributed by atoms with Gasteiger partial charge in [-0.05, 0) is 0 Å². The molecule has 0 aromatic rings. The molecule has 0 unspecified atom stereocenters. The van der Waals surface area contributed by atoms with Crippen molar-refractivity contribution >= 4 is 28.8 Å². The van der Waals surface area contributed by atoms with E-state index in [9.17, 15) is 4.79 Å². The predicted molar refractivity (Wildman–Crippen MR) is 51.2 cm³/mol. The van der Waals surface area contributed by atoms with Crippen molar-refractivity contribution in [2.75, 3.05) is 30.5 Å². The van der Waals surface area contributed by atoms with Crippen LogP contribution in [0.25, 0.3) is 0 Å². The summed E-state index contributed by atoms with van der Waals surface area (Å²) in [5.41, 5.74) is 0. The third-order valence-corrected chi connectivity index (χ3v) is 2.95. The van der Waals surface area contributed by atoms with Gasteiger partial charge in [0.25, 0.3) is 5.24 Å². The van der Waals surface area contributed by atoms with E-state index < -0.39 is 0 Å². The van der Waals surface area contributed by atoms with Crippen LogP contribution in [-0.2, 0) is 0 Å². The zero-order valence-corrected chi connectivity index (χ0v) is 7.89. The van der Waals surface area contributed by atoms with Crippen molar-refractivity contribution in [2.45, 2.75) is 0 Å². The number of carbonyl (C=O) groups excluding carboxylic acids is 1. The summed E-state index contributed by atoms with van der Waals surface area (Å²) in [6.45, 7) is 2.06. The summed E-state index contributed by atoms with van der Waals surface area (Å²) in [7, 11) is 0. The summed E-state index contributed by atoms with van der Waals surface area (Å²) in [6, 6.07) is 0. The Hall–Kier alpha value is 0.130. The molecule has 2 rings (SSSR count). The Morgan fingerprint density at radius 1 is 1.27 bits per heavy atom. The Labute approximate surface area is 75.1 Å². The fourth-order valence-corrected chi connectivity index (χ4v) is 2.02. The standard InChI is InChI=1S/C3H5NOS.C3H7NS/c5-3-4-1-2-6-3;1-2-5-3-4-1/h1-2H2,(H,4,5);4H,1-3H2. The topological polar surface area (TPSA) is 41.1 Å². The van der Waals surface area contributed by atoms with E-state index >= 15 is 0 Å². The summed E-state index contributed by atoms with van der Waals surface area (Å²) in [4.78, 5) is 10.1. The molecule has 0 atom stereocenters. The maximum Gasteiger partial charge on any atom is 0.279 e. The van der Waals surface area contributed by atoms with E-state index in [1.165, 1.54) is 29.9 Å². The summed E-state index contributed by atoms with van der Waals surface area (Å²) >= 11 is 3.31. The minimum Gasteiger partial charge on any atom is -0.346 e. The lowest BCUT2D eigenvalue weighted by Crippen LogP contribution is -2.10. The zero-order valence-electron chi connectivity index (χ0n) is 6.26. The molecule has 0 spiro atoms. The first kappa shape index (κ1) is 9.22. The molecule has 0 aliphatic carbocycles. The second kappa shape index (κ2) is 5.74. The molecule has 2 aliphatic rings. The predicted octanol–water partition coefficient (Wildman–Crippen LogP) is 0.723. The molecule has 0 aromatic carbocycles. The minimum absolute atomic E-state index is 0.120. The van der Waals surface area contributed by atoms with E-state index in [0.717, 1.165) is 12.3 Å². The van der Waals surface area contributed by atoms with Gasteiger partial charge in [-0.15, -0.1) is 11.8 Å². The number of nitrogens with one attached hydrogen (secondary N) is 2. The Morgan fingerprint density at radius 2 is 2.18 bits per heavy atom. The maximum absolute atomic E-state index is 10.1.